The first-order valence-electron chi connectivity index (χ1n) is 6.12. The van der Waals surface area contributed by atoms with Gasteiger partial charge < -0.3 is 10.6 Å². The average molecular weight is 275 g/mol. The van der Waals surface area contributed by atoms with Gasteiger partial charge in [-0.1, -0.05) is 18.2 Å². The molecule has 19 heavy (non-hydrogen) atoms. The van der Waals surface area contributed by atoms with Crippen LogP contribution in [0.5, 0.6) is 0 Å². The summed E-state index contributed by atoms with van der Waals surface area (Å²) in [5, 5.41) is 9.31. The highest BCUT2D eigenvalue weighted by Gasteiger charge is 2.03. The predicted molar refractivity (Wildman–Crippen MR) is 78.1 cm³/mol. The first-order valence-corrected chi connectivity index (χ1v) is 7.00. The van der Waals surface area contributed by atoms with E-state index in [0.717, 1.165) is 28.5 Å². The Morgan fingerprint density at radius 3 is 2.79 bits per heavy atom. The Labute approximate surface area is 116 Å². The Bertz CT molecular complexity index is 565. The maximum Gasteiger partial charge on any atom is 0.221 e. The van der Waals surface area contributed by atoms with Gasteiger partial charge in [0.25, 0.3) is 0 Å². The number of hydrogen-bond donors (Lipinski definition) is 2. The van der Waals surface area contributed by atoms with E-state index in [1.807, 2.05) is 31.2 Å². The number of aryl methyl sites for hydroxylation is 1. The van der Waals surface area contributed by atoms with Gasteiger partial charge in [0.15, 0.2) is 0 Å². The molecule has 5 heteroatoms. The summed E-state index contributed by atoms with van der Waals surface area (Å²) in [6.07, 6.45) is 0. The highest BCUT2D eigenvalue weighted by Crippen LogP contribution is 2.15. The minimum absolute atomic E-state index is 0.0532. The van der Waals surface area contributed by atoms with Gasteiger partial charge >= 0.3 is 0 Å². The van der Waals surface area contributed by atoms with Gasteiger partial charge in [-0.05, 0) is 18.6 Å². The molecule has 1 aromatic heterocycles. The van der Waals surface area contributed by atoms with Gasteiger partial charge in [0.05, 0.1) is 10.7 Å². The first kappa shape index (κ1) is 13.7. The largest absolute Gasteiger partial charge is 0.326 e. The van der Waals surface area contributed by atoms with Crippen LogP contribution < -0.4 is 10.6 Å². The summed E-state index contributed by atoms with van der Waals surface area (Å²) in [5.41, 5.74) is 2.99. The van der Waals surface area contributed by atoms with Gasteiger partial charge in [-0.15, -0.1) is 11.3 Å². The van der Waals surface area contributed by atoms with Crippen LogP contribution in [-0.2, 0) is 17.9 Å². The molecule has 0 unspecified atom stereocenters. The van der Waals surface area contributed by atoms with Crippen molar-refractivity contribution in [1.29, 1.82) is 0 Å². The topological polar surface area (TPSA) is 54.0 Å². The van der Waals surface area contributed by atoms with Crippen molar-refractivity contribution in [3.8, 4) is 0 Å². The standard InChI is InChI=1S/C14H17N3OS/c1-10(18)16-14-6-4-3-5-12(14)7-15-8-13-9-19-11(2)17-13/h3-6,9,15H,7-8H2,1-2H3,(H,16,18). The summed E-state index contributed by atoms with van der Waals surface area (Å²) in [5.74, 6) is -0.0532. The number of thiazole rings is 1. The summed E-state index contributed by atoms with van der Waals surface area (Å²) in [4.78, 5) is 15.5. The van der Waals surface area contributed by atoms with E-state index in [-0.39, 0.29) is 5.91 Å². The molecule has 0 aliphatic rings. The van der Waals surface area contributed by atoms with E-state index in [0.29, 0.717) is 6.54 Å². The molecule has 0 saturated heterocycles. The van der Waals surface area contributed by atoms with Crippen molar-refractivity contribution < 1.29 is 4.79 Å². The third-order valence-electron chi connectivity index (χ3n) is 2.62. The van der Waals surface area contributed by atoms with Gasteiger partial charge in [-0.3, -0.25) is 4.79 Å². The quantitative estimate of drug-likeness (QED) is 0.882. The molecule has 2 rings (SSSR count). The minimum atomic E-state index is -0.0532. The van der Waals surface area contributed by atoms with Gasteiger partial charge in [-0.25, -0.2) is 4.98 Å². The monoisotopic (exact) mass is 275 g/mol. The lowest BCUT2D eigenvalue weighted by Crippen LogP contribution is -2.15. The van der Waals surface area contributed by atoms with Crippen molar-refractivity contribution >= 4 is 22.9 Å². The Morgan fingerprint density at radius 2 is 2.11 bits per heavy atom. The fourth-order valence-electron chi connectivity index (χ4n) is 1.80. The van der Waals surface area contributed by atoms with Crippen molar-refractivity contribution in [2.24, 2.45) is 0 Å². The number of aromatic nitrogens is 1. The second-order valence-corrected chi connectivity index (χ2v) is 5.36. The number of anilines is 1. The lowest BCUT2D eigenvalue weighted by atomic mass is 10.1. The van der Waals surface area contributed by atoms with Gasteiger partial charge in [-0.2, -0.15) is 0 Å². The SMILES string of the molecule is CC(=O)Nc1ccccc1CNCc1csc(C)n1. The molecule has 0 aliphatic carbocycles. The molecule has 2 aromatic rings. The second kappa shape index (κ2) is 6.45. The highest BCUT2D eigenvalue weighted by atomic mass is 32.1. The van der Waals surface area contributed by atoms with Crippen LogP contribution >= 0.6 is 11.3 Å². The molecule has 0 atom stereocenters. The number of carbonyl (C=O) groups is 1. The zero-order chi connectivity index (χ0) is 13.7. The van der Waals surface area contributed by atoms with E-state index in [2.05, 4.69) is 21.0 Å². The average Bonchev–Trinajstić information content (AvgIpc) is 2.77. The van der Waals surface area contributed by atoms with Crippen molar-refractivity contribution in [2.75, 3.05) is 5.32 Å². The van der Waals surface area contributed by atoms with Crippen LogP contribution in [0.4, 0.5) is 5.69 Å². The first-order chi connectivity index (χ1) is 9.15. The Balaban J connectivity index is 1.93. The number of hydrogen-bond acceptors (Lipinski definition) is 4. The van der Waals surface area contributed by atoms with Crippen LogP contribution in [-0.4, -0.2) is 10.9 Å². The van der Waals surface area contributed by atoms with Crippen LogP contribution in [0.1, 0.15) is 23.2 Å². The van der Waals surface area contributed by atoms with Crippen molar-refractivity contribution in [2.45, 2.75) is 26.9 Å². The van der Waals surface area contributed by atoms with E-state index >= 15 is 0 Å². The molecule has 1 amide bonds. The number of rotatable bonds is 5. The minimum Gasteiger partial charge on any atom is -0.326 e. The van der Waals surface area contributed by atoms with Crippen molar-refractivity contribution in [1.82, 2.24) is 10.3 Å². The van der Waals surface area contributed by atoms with Crippen LogP contribution in [0.2, 0.25) is 0 Å². The third-order valence-corrected chi connectivity index (χ3v) is 3.44. The number of benzene rings is 1. The fourth-order valence-corrected chi connectivity index (χ4v) is 2.41. The maximum absolute atomic E-state index is 11.1. The normalized spacial score (nSPS) is 10.4. The molecule has 0 radical (unpaired) electrons. The van der Waals surface area contributed by atoms with E-state index < -0.39 is 0 Å². The molecule has 1 heterocycles. The third kappa shape index (κ3) is 4.15. The van der Waals surface area contributed by atoms with Gasteiger partial charge in [0, 0.05) is 31.1 Å². The lowest BCUT2D eigenvalue weighted by molar-refractivity contribution is -0.114. The fraction of sp³-hybridized carbons (Fsp3) is 0.286. The summed E-state index contributed by atoms with van der Waals surface area (Å²) < 4.78 is 0. The molecular formula is C14H17N3OS. The molecule has 0 saturated carbocycles. The highest BCUT2D eigenvalue weighted by molar-refractivity contribution is 7.09. The zero-order valence-corrected chi connectivity index (χ0v) is 11.9. The lowest BCUT2D eigenvalue weighted by Gasteiger charge is -2.10. The molecule has 4 nitrogen and oxygen atoms in total. The van der Waals surface area contributed by atoms with E-state index in [4.69, 9.17) is 0 Å². The van der Waals surface area contributed by atoms with Crippen molar-refractivity contribution in [3.63, 3.8) is 0 Å². The predicted octanol–water partition coefficient (Wildman–Crippen LogP) is 2.70. The van der Waals surface area contributed by atoms with Gasteiger partial charge in [0.2, 0.25) is 5.91 Å². The van der Waals surface area contributed by atoms with Crippen LogP contribution in [0, 0.1) is 6.92 Å². The van der Waals surface area contributed by atoms with Crippen LogP contribution in [0.3, 0.4) is 0 Å². The van der Waals surface area contributed by atoms with E-state index in [9.17, 15) is 4.79 Å². The summed E-state index contributed by atoms with van der Waals surface area (Å²) in [7, 11) is 0. The molecule has 100 valence electrons. The molecular weight excluding hydrogens is 258 g/mol. The molecule has 1 aromatic carbocycles. The Morgan fingerprint density at radius 1 is 1.32 bits per heavy atom. The smallest absolute Gasteiger partial charge is 0.221 e. The molecule has 0 spiro atoms. The number of nitrogens with zero attached hydrogens (tertiary/aromatic N) is 1. The second-order valence-electron chi connectivity index (χ2n) is 4.30. The van der Waals surface area contributed by atoms with E-state index in [1.165, 1.54) is 6.92 Å². The molecule has 0 aliphatic heterocycles. The Hall–Kier alpha value is -1.72. The summed E-state index contributed by atoms with van der Waals surface area (Å²) in [6, 6.07) is 7.80. The number of amides is 1. The van der Waals surface area contributed by atoms with Crippen molar-refractivity contribution in [3.05, 3.63) is 45.9 Å². The molecule has 0 bridgehead atoms. The Kier molecular flexibility index (Phi) is 4.65. The van der Waals surface area contributed by atoms with Crippen LogP contribution in [0.25, 0.3) is 0 Å². The molecule has 2 N–H and O–H groups in total. The summed E-state index contributed by atoms with van der Waals surface area (Å²) in [6.45, 7) is 4.95. The number of para-hydroxylation sites is 1. The van der Waals surface area contributed by atoms with Crippen LogP contribution in [0.15, 0.2) is 29.6 Å². The van der Waals surface area contributed by atoms with E-state index in [1.54, 1.807) is 11.3 Å². The van der Waals surface area contributed by atoms with Gasteiger partial charge in [0.1, 0.15) is 0 Å². The number of nitrogens with one attached hydrogen (secondary N) is 2. The molecule has 0 fully saturated rings. The maximum atomic E-state index is 11.1. The summed E-state index contributed by atoms with van der Waals surface area (Å²) >= 11 is 1.65. The number of carbonyl (C=O) groups excluding carboxylic acids is 1. The zero-order valence-electron chi connectivity index (χ0n) is 11.1.